The van der Waals surface area contributed by atoms with Crippen molar-refractivity contribution in [3.8, 4) is 0 Å². The molecule has 1 rings (SSSR count). The second-order valence-electron chi connectivity index (χ2n) is 5.72. The van der Waals surface area contributed by atoms with Gasteiger partial charge in [-0.2, -0.15) is 0 Å². The van der Waals surface area contributed by atoms with E-state index in [-0.39, 0.29) is 0 Å². The van der Waals surface area contributed by atoms with E-state index >= 15 is 0 Å². The molecule has 0 heterocycles. The first-order valence-electron chi connectivity index (χ1n) is 7.47. The Morgan fingerprint density at radius 1 is 1.38 bits per heavy atom. The van der Waals surface area contributed by atoms with E-state index in [0.29, 0.717) is 19.2 Å². The van der Waals surface area contributed by atoms with Crippen molar-refractivity contribution in [3.63, 3.8) is 0 Å². The molecule has 0 fully saturated rings. The maximum atomic E-state index is 11.9. The molecule has 1 aromatic rings. The minimum absolute atomic E-state index is 0.322. The predicted molar refractivity (Wildman–Crippen MR) is 84.6 cm³/mol. The van der Waals surface area contributed by atoms with Gasteiger partial charge in [0.1, 0.15) is 5.41 Å². The zero-order valence-electron chi connectivity index (χ0n) is 13.5. The largest absolute Gasteiger partial charge is 0.481 e. The zero-order chi connectivity index (χ0) is 15.9. The van der Waals surface area contributed by atoms with E-state index in [1.54, 1.807) is 14.0 Å². The highest BCUT2D eigenvalue weighted by Gasteiger charge is 2.37. The van der Waals surface area contributed by atoms with E-state index in [9.17, 15) is 9.90 Å². The van der Waals surface area contributed by atoms with Crippen molar-refractivity contribution in [1.82, 2.24) is 4.90 Å². The number of rotatable bonds is 9. The molecule has 0 amide bonds. The lowest BCUT2D eigenvalue weighted by molar-refractivity contribution is -0.144. The number of benzene rings is 1. The third kappa shape index (κ3) is 4.55. The first kappa shape index (κ1) is 17.7. The van der Waals surface area contributed by atoms with Crippen LogP contribution >= 0.6 is 0 Å². The molecule has 0 aliphatic heterocycles. The Balaban J connectivity index is 3.01. The van der Waals surface area contributed by atoms with Crippen molar-refractivity contribution in [1.29, 1.82) is 0 Å². The number of hydrogen-bond donors (Lipinski definition) is 1. The second-order valence-corrected chi connectivity index (χ2v) is 5.72. The number of nitrogens with zero attached hydrogens (tertiary/aromatic N) is 1. The number of ether oxygens (including phenoxy) is 1. The van der Waals surface area contributed by atoms with Gasteiger partial charge in [0.2, 0.25) is 0 Å². The number of aliphatic carboxylic acids is 1. The molecule has 118 valence electrons. The second kappa shape index (κ2) is 8.15. The normalized spacial score (nSPS) is 15.7. The van der Waals surface area contributed by atoms with Gasteiger partial charge in [-0.3, -0.25) is 9.69 Å². The lowest BCUT2D eigenvalue weighted by Crippen LogP contribution is -2.48. The fourth-order valence-corrected chi connectivity index (χ4v) is 2.42. The SMILES string of the molecule is CCC(C)N(CCOC)CC(C)(C(=O)O)c1ccccc1. The Kier molecular flexibility index (Phi) is 6.85. The summed E-state index contributed by atoms with van der Waals surface area (Å²) >= 11 is 0. The number of carbonyl (C=O) groups is 1. The van der Waals surface area contributed by atoms with Crippen LogP contribution in [0.5, 0.6) is 0 Å². The Morgan fingerprint density at radius 2 is 2.00 bits per heavy atom. The van der Waals surface area contributed by atoms with Crippen LogP contribution in [0.15, 0.2) is 30.3 Å². The molecule has 1 aromatic carbocycles. The van der Waals surface area contributed by atoms with E-state index in [1.165, 1.54) is 0 Å². The highest BCUT2D eigenvalue weighted by atomic mass is 16.5. The molecule has 21 heavy (non-hydrogen) atoms. The van der Waals surface area contributed by atoms with Crippen LogP contribution < -0.4 is 0 Å². The molecule has 2 atom stereocenters. The lowest BCUT2D eigenvalue weighted by atomic mass is 9.81. The van der Waals surface area contributed by atoms with E-state index in [2.05, 4.69) is 18.7 Å². The van der Waals surface area contributed by atoms with Gasteiger partial charge >= 0.3 is 5.97 Å². The molecule has 0 spiro atoms. The van der Waals surface area contributed by atoms with E-state index in [4.69, 9.17) is 4.74 Å². The molecular weight excluding hydrogens is 266 g/mol. The molecule has 4 heteroatoms. The fraction of sp³-hybridized carbons (Fsp3) is 0.588. The lowest BCUT2D eigenvalue weighted by Gasteiger charge is -2.36. The van der Waals surface area contributed by atoms with Crippen LogP contribution in [0.25, 0.3) is 0 Å². The molecule has 0 bridgehead atoms. The monoisotopic (exact) mass is 293 g/mol. The minimum atomic E-state index is -0.918. The summed E-state index contributed by atoms with van der Waals surface area (Å²) in [6.07, 6.45) is 0.980. The molecule has 4 nitrogen and oxygen atoms in total. The fourth-order valence-electron chi connectivity index (χ4n) is 2.42. The summed E-state index contributed by atoms with van der Waals surface area (Å²) in [4.78, 5) is 14.1. The molecule has 0 aliphatic rings. The van der Waals surface area contributed by atoms with Gasteiger partial charge in [0.15, 0.2) is 0 Å². The first-order valence-corrected chi connectivity index (χ1v) is 7.47. The molecule has 2 unspecified atom stereocenters. The molecule has 1 N–H and O–H groups in total. The summed E-state index contributed by atoms with van der Waals surface area (Å²) in [7, 11) is 1.67. The van der Waals surface area contributed by atoms with Gasteiger partial charge in [0, 0.05) is 26.2 Å². The van der Waals surface area contributed by atoms with Crippen molar-refractivity contribution in [3.05, 3.63) is 35.9 Å². The highest BCUT2D eigenvalue weighted by molar-refractivity contribution is 5.81. The first-order chi connectivity index (χ1) is 9.95. The summed E-state index contributed by atoms with van der Waals surface area (Å²) in [5, 5.41) is 9.76. The minimum Gasteiger partial charge on any atom is -0.481 e. The maximum absolute atomic E-state index is 11.9. The van der Waals surface area contributed by atoms with Gasteiger partial charge < -0.3 is 9.84 Å². The van der Waals surface area contributed by atoms with Gasteiger partial charge in [0.25, 0.3) is 0 Å². The van der Waals surface area contributed by atoms with Crippen LogP contribution in [0.2, 0.25) is 0 Å². The van der Waals surface area contributed by atoms with Crippen molar-refractivity contribution in [2.45, 2.75) is 38.6 Å². The number of carboxylic acids is 1. The Labute approximate surface area is 127 Å². The topological polar surface area (TPSA) is 49.8 Å². The summed E-state index contributed by atoms with van der Waals surface area (Å²) in [6, 6.07) is 9.78. The Bertz CT molecular complexity index is 435. The van der Waals surface area contributed by atoms with Crippen LogP contribution in [0.3, 0.4) is 0 Å². The van der Waals surface area contributed by atoms with Crippen LogP contribution in [-0.4, -0.2) is 48.8 Å². The highest BCUT2D eigenvalue weighted by Crippen LogP contribution is 2.26. The van der Waals surface area contributed by atoms with Gasteiger partial charge in [-0.25, -0.2) is 0 Å². The summed E-state index contributed by atoms with van der Waals surface area (Å²) in [6.45, 7) is 7.86. The van der Waals surface area contributed by atoms with Crippen LogP contribution in [-0.2, 0) is 14.9 Å². The maximum Gasteiger partial charge on any atom is 0.315 e. The van der Waals surface area contributed by atoms with Gasteiger partial charge in [0.05, 0.1) is 6.61 Å². The average Bonchev–Trinajstić information content (AvgIpc) is 2.51. The summed E-state index contributed by atoms with van der Waals surface area (Å²) in [5.41, 5.74) is -0.0819. The van der Waals surface area contributed by atoms with Gasteiger partial charge in [-0.1, -0.05) is 37.3 Å². The van der Waals surface area contributed by atoms with Gasteiger partial charge in [-0.05, 0) is 25.8 Å². The molecule has 0 aliphatic carbocycles. The van der Waals surface area contributed by atoms with Crippen LogP contribution in [0.1, 0.15) is 32.8 Å². The Hall–Kier alpha value is -1.39. The zero-order valence-corrected chi connectivity index (χ0v) is 13.5. The van der Waals surface area contributed by atoms with Gasteiger partial charge in [-0.15, -0.1) is 0 Å². The number of hydrogen-bond acceptors (Lipinski definition) is 3. The summed E-state index contributed by atoms with van der Waals surface area (Å²) < 4.78 is 5.16. The quantitative estimate of drug-likeness (QED) is 0.760. The van der Waals surface area contributed by atoms with Crippen molar-refractivity contribution in [2.24, 2.45) is 0 Å². The third-order valence-electron chi connectivity index (χ3n) is 4.20. The summed E-state index contributed by atoms with van der Waals surface area (Å²) in [5.74, 6) is -0.792. The Morgan fingerprint density at radius 3 is 2.48 bits per heavy atom. The van der Waals surface area contributed by atoms with E-state index in [1.807, 2.05) is 30.3 Å². The van der Waals surface area contributed by atoms with Crippen LogP contribution in [0.4, 0.5) is 0 Å². The van der Waals surface area contributed by atoms with Crippen molar-refractivity contribution < 1.29 is 14.6 Å². The van der Waals surface area contributed by atoms with Crippen LogP contribution in [0, 0.1) is 0 Å². The van der Waals surface area contributed by atoms with E-state index in [0.717, 1.165) is 18.5 Å². The van der Waals surface area contributed by atoms with Crippen molar-refractivity contribution in [2.75, 3.05) is 26.8 Å². The van der Waals surface area contributed by atoms with E-state index < -0.39 is 11.4 Å². The number of methoxy groups -OCH3 is 1. The number of carboxylic acid groups (broad SMARTS) is 1. The molecule has 0 aromatic heterocycles. The van der Waals surface area contributed by atoms with Crippen molar-refractivity contribution >= 4 is 5.97 Å². The average molecular weight is 293 g/mol. The predicted octanol–water partition coefficient (Wildman–Crippen LogP) is 2.78. The smallest absolute Gasteiger partial charge is 0.315 e. The third-order valence-corrected chi connectivity index (χ3v) is 4.20. The molecular formula is C17H27NO3. The molecule has 0 radical (unpaired) electrons. The molecule has 0 saturated carbocycles. The standard InChI is InChI=1S/C17H27NO3/c1-5-14(2)18(11-12-21-4)13-17(3,16(19)20)15-9-7-6-8-10-15/h6-10,14H,5,11-13H2,1-4H3,(H,19,20). The molecule has 0 saturated heterocycles.